The molecule has 1 saturated heterocycles. The molecule has 1 N–H and O–H groups in total. The average Bonchev–Trinajstić information content (AvgIpc) is 2.49. The van der Waals surface area contributed by atoms with E-state index in [0.29, 0.717) is 13.0 Å². The Hall–Kier alpha value is -1.35. The zero-order valence-corrected chi connectivity index (χ0v) is 8.10. The van der Waals surface area contributed by atoms with Gasteiger partial charge in [0, 0.05) is 18.7 Å². The molecule has 3 nitrogen and oxygen atoms in total. The Bertz CT molecular complexity index is 362. The number of benzene rings is 1. The van der Waals surface area contributed by atoms with Crippen LogP contribution in [-0.2, 0) is 4.79 Å². The van der Waals surface area contributed by atoms with Crippen molar-refractivity contribution >= 4 is 11.6 Å². The second-order valence-corrected chi connectivity index (χ2v) is 3.58. The zero-order chi connectivity index (χ0) is 10.1. The molecule has 1 fully saturated rings. The molecular formula is C11H13NO2. The van der Waals surface area contributed by atoms with Gasteiger partial charge in [0.25, 0.3) is 5.91 Å². The minimum atomic E-state index is -0.811. The van der Waals surface area contributed by atoms with E-state index in [1.54, 1.807) is 4.90 Å². The highest BCUT2D eigenvalue weighted by molar-refractivity contribution is 5.99. The Kier molecular flexibility index (Phi) is 2.25. The maximum Gasteiger partial charge on any atom is 0.255 e. The Labute approximate surface area is 83.0 Å². The largest absolute Gasteiger partial charge is 0.383 e. The van der Waals surface area contributed by atoms with Crippen LogP contribution in [0.1, 0.15) is 12.0 Å². The van der Waals surface area contributed by atoms with Crippen molar-refractivity contribution in [1.29, 1.82) is 0 Å². The normalized spacial score (nSPS) is 21.7. The van der Waals surface area contributed by atoms with Gasteiger partial charge in [-0.1, -0.05) is 18.2 Å². The lowest BCUT2D eigenvalue weighted by molar-refractivity contribution is -0.124. The number of aliphatic hydroxyl groups is 1. The molecule has 0 aliphatic carbocycles. The molecular weight excluding hydrogens is 178 g/mol. The summed E-state index contributed by atoms with van der Waals surface area (Å²) in [4.78, 5) is 13.2. The summed E-state index contributed by atoms with van der Waals surface area (Å²) in [5, 5.41) is 9.33. The van der Waals surface area contributed by atoms with E-state index in [0.717, 1.165) is 11.3 Å². The fourth-order valence-corrected chi connectivity index (χ4v) is 1.77. The summed E-state index contributed by atoms with van der Waals surface area (Å²) < 4.78 is 0. The van der Waals surface area contributed by atoms with Gasteiger partial charge < -0.3 is 10.0 Å². The first-order valence-corrected chi connectivity index (χ1v) is 4.75. The van der Waals surface area contributed by atoms with Gasteiger partial charge in [-0.25, -0.2) is 0 Å². The van der Waals surface area contributed by atoms with Crippen molar-refractivity contribution in [2.24, 2.45) is 0 Å². The third-order valence-corrected chi connectivity index (χ3v) is 2.58. The van der Waals surface area contributed by atoms with Crippen LogP contribution in [0, 0.1) is 6.92 Å². The number of rotatable bonds is 1. The van der Waals surface area contributed by atoms with Gasteiger partial charge in [-0.05, 0) is 18.6 Å². The van der Waals surface area contributed by atoms with E-state index in [1.807, 2.05) is 31.2 Å². The molecule has 0 radical (unpaired) electrons. The molecule has 0 aromatic heterocycles. The number of hydrogen-bond donors (Lipinski definition) is 1. The molecule has 1 aromatic carbocycles. The van der Waals surface area contributed by atoms with Crippen molar-refractivity contribution in [3.63, 3.8) is 0 Å². The molecule has 2 rings (SSSR count). The molecule has 14 heavy (non-hydrogen) atoms. The summed E-state index contributed by atoms with van der Waals surface area (Å²) >= 11 is 0. The Morgan fingerprint density at radius 1 is 1.43 bits per heavy atom. The predicted octanol–water partition coefficient (Wildman–Crippen LogP) is 1.09. The van der Waals surface area contributed by atoms with Gasteiger partial charge in [-0.3, -0.25) is 4.79 Å². The number of amides is 1. The highest BCUT2D eigenvalue weighted by Crippen LogP contribution is 2.24. The maximum absolute atomic E-state index is 11.5. The van der Waals surface area contributed by atoms with Crippen LogP contribution in [0.2, 0.25) is 0 Å². The molecule has 1 aromatic rings. The first kappa shape index (κ1) is 9.21. The lowest BCUT2D eigenvalue weighted by atomic mass is 10.2. The first-order valence-electron chi connectivity index (χ1n) is 4.75. The summed E-state index contributed by atoms with van der Waals surface area (Å²) in [6.45, 7) is 2.58. The van der Waals surface area contributed by atoms with Crippen molar-refractivity contribution in [3.05, 3.63) is 29.8 Å². The smallest absolute Gasteiger partial charge is 0.255 e. The van der Waals surface area contributed by atoms with Crippen LogP contribution < -0.4 is 4.90 Å². The summed E-state index contributed by atoms with van der Waals surface area (Å²) in [5.41, 5.74) is 1.98. The van der Waals surface area contributed by atoms with Gasteiger partial charge in [0.05, 0.1) is 0 Å². The molecule has 1 aliphatic heterocycles. The van der Waals surface area contributed by atoms with Gasteiger partial charge in [-0.2, -0.15) is 0 Å². The number of para-hydroxylation sites is 1. The molecule has 0 bridgehead atoms. The van der Waals surface area contributed by atoms with Crippen LogP contribution in [0.3, 0.4) is 0 Å². The zero-order valence-electron chi connectivity index (χ0n) is 8.10. The summed E-state index contributed by atoms with van der Waals surface area (Å²) in [7, 11) is 0. The van der Waals surface area contributed by atoms with E-state index >= 15 is 0 Å². The lowest BCUT2D eigenvalue weighted by Gasteiger charge is -2.17. The van der Waals surface area contributed by atoms with E-state index in [1.165, 1.54) is 0 Å². The number of carbonyl (C=O) groups excluding carboxylic acids is 1. The highest BCUT2D eigenvalue weighted by Gasteiger charge is 2.31. The number of aryl methyl sites for hydroxylation is 1. The Morgan fingerprint density at radius 2 is 2.14 bits per heavy atom. The standard InChI is InChI=1S/C11H13NO2/c1-8-4-2-3-5-9(8)12-7-6-10(13)11(12)14/h2-5,10,13H,6-7H2,1H3. The second kappa shape index (κ2) is 3.42. The minimum Gasteiger partial charge on any atom is -0.383 e. The number of hydrogen-bond acceptors (Lipinski definition) is 2. The van der Waals surface area contributed by atoms with E-state index in [4.69, 9.17) is 0 Å². The van der Waals surface area contributed by atoms with Crippen LogP contribution in [0.25, 0.3) is 0 Å². The van der Waals surface area contributed by atoms with E-state index in [2.05, 4.69) is 0 Å². The quantitative estimate of drug-likeness (QED) is 0.722. The van der Waals surface area contributed by atoms with Crippen molar-refractivity contribution in [2.45, 2.75) is 19.4 Å². The monoisotopic (exact) mass is 191 g/mol. The van der Waals surface area contributed by atoms with Crippen LogP contribution in [0.15, 0.2) is 24.3 Å². The van der Waals surface area contributed by atoms with Crippen molar-refractivity contribution in [2.75, 3.05) is 11.4 Å². The number of aliphatic hydroxyl groups excluding tert-OH is 1. The van der Waals surface area contributed by atoms with Crippen molar-refractivity contribution in [3.8, 4) is 0 Å². The summed E-state index contributed by atoms with van der Waals surface area (Å²) in [5.74, 6) is -0.181. The third kappa shape index (κ3) is 1.40. The summed E-state index contributed by atoms with van der Waals surface area (Å²) in [6.07, 6.45) is -0.276. The van der Waals surface area contributed by atoms with Crippen LogP contribution in [-0.4, -0.2) is 23.7 Å². The number of anilines is 1. The Balaban J connectivity index is 2.33. The molecule has 3 heteroatoms. The van der Waals surface area contributed by atoms with Crippen LogP contribution in [0.4, 0.5) is 5.69 Å². The van der Waals surface area contributed by atoms with E-state index < -0.39 is 6.10 Å². The second-order valence-electron chi connectivity index (χ2n) is 3.58. The molecule has 0 saturated carbocycles. The fourth-order valence-electron chi connectivity index (χ4n) is 1.77. The van der Waals surface area contributed by atoms with Gasteiger partial charge in [0.15, 0.2) is 0 Å². The molecule has 1 aliphatic rings. The Morgan fingerprint density at radius 3 is 2.71 bits per heavy atom. The molecule has 1 heterocycles. The topological polar surface area (TPSA) is 40.5 Å². The molecule has 1 amide bonds. The van der Waals surface area contributed by atoms with Crippen molar-refractivity contribution < 1.29 is 9.90 Å². The average molecular weight is 191 g/mol. The predicted molar refractivity (Wildman–Crippen MR) is 54.2 cm³/mol. The van der Waals surface area contributed by atoms with E-state index in [-0.39, 0.29) is 5.91 Å². The molecule has 1 unspecified atom stereocenters. The lowest BCUT2D eigenvalue weighted by Crippen LogP contribution is -2.29. The van der Waals surface area contributed by atoms with Gasteiger partial charge >= 0.3 is 0 Å². The molecule has 1 atom stereocenters. The third-order valence-electron chi connectivity index (χ3n) is 2.58. The summed E-state index contributed by atoms with van der Waals surface area (Å²) in [6, 6.07) is 7.72. The molecule has 0 spiro atoms. The van der Waals surface area contributed by atoms with Gasteiger partial charge in [0.2, 0.25) is 0 Å². The van der Waals surface area contributed by atoms with Crippen LogP contribution in [0.5, 0.6) is 0 Å². The van der Waals surface area contributed by atoms with Crippen LogP contribution >= 0.6 is 0 Å². The fraction of sp³-hybridized carbons (Fsp3) is 0.364. The maximum atomic E-state index is 11.5. The first-order chi connectivity index (χ1) is 6.70. The number of nitrogens with zero attached hydrogens (tertiary/aromatic N) is 1. The van der Waals surface area contributed by atoms with Gasteiger partial charge in [0.1, 0.15) is 6.10 Å². The number of carbonyl (C=O) groups is 1. The van der Waals surface area contributed by atoms with Gasteiger partial charge in [-0.15, -0.1) is 0 Å². The van der Waals surface area contributed by atoms with E-state index in [9.17, 15) is 9.90 Å². The SMILES string of the molecule is Cc1ccccc1N1CCC(O)C1=O. The molecule has 74 valence electrons. The highest BCUT2D eigenvalue weighted by atomic mass is 16.3. The minimum absolute atomic E-state index is 0.181. The van der Waals surface area contributed by atoms with Crippen molar-refractivity contribution in [1.82, 2.24) is 0 Å².